The van der Waals surface area contributed by atoms with Crippen LogP contribution in [0, 0.1) is 6.92 Å². The maximum absolute atomic E-state index is 12.9. The number of benzene rings is 2. The molecule has 2 aromatic rings. The van der Waals surface area contributed by atoms with E-state index in [0.717, 1.165) is 16.7 Å². The highest BCUT2D eigenvalue weighted by molar-refractivity contribution is 7.89. The van der Waals surface area contributed by atoms with Crippen molar-refractivity contribution in [1.82, 2.24) is 4.31 Å². The highest BCUT2D eigenvalue weighted by Crippen LogP contribution is 2.31. The second-order valence-corrected chi connectivity index (χ2v) is 9.38. The molecule has 1 fully saturated rings. The third kappa shape index (κ3) is 4.80. The Morgan fingerprint density at radius 3 is 2.45 bits per heavy atom. The number of allylic oxidation sites excluding steroid dienone is 1. The zero-order valence-corrected chi connectivity index (χ0v) is 17.8. The van der Waals surface area contributed by atoms with Crippen molar-refractivity contribution in [2.24, 2.45) is 0 Å². The first-order valence-electron chi connectivity index (χ1n) is 9.75. The smallest absolute Gasteiger partial charge is 0.243 e. The largest absolute Gasteiger partial charge is 0.504 e. The normalized spacial score (nSPS) is 15.9. The summed E-state index contributed by atoms with van der Waals surface area (Å²) in [6, 6.07) is 10.8. The van der Waals surface area contributed by atoms with Gasteiger partial charge in [-0.1, -0.05) is 23.8 Å². The molecule has 0 aliphatic carbocycles. The number of sulfonamides is 1. The molecule has 0 unspecified atom stereocenters. The van der Waals surface area contributed by atoms with Gasteiger partial charge in [-0.2, -0.15) is 4.31 Å². The molecule has 2 N–H and O–H groups in total. The van der Waals surface area contributed by atoms with Gasteiger partial charge in [0, 0.05) is 0 Å². The topological polar surface area (TPSA) is 71.3 Å². The molecule has 0 amide bonds. The Morgan fingerprint density at radius 2 is 1.86 bits per heavy atom. The van der Waals surface area contributed by atoms with Crippen molar-refractivity contribution in [1.29, 1.82) is 0 Å². The second-order valence-electron chi connectivity index (χ2n) is 7.44. The third-order valence-corrected chi connectivity index (χ3v) is 7.26. The fraction of sp³-hybridized carbons (Fsp3) is 0.364. The van der Waals surface area contributed by atoms with Crippen molar-refractivity contribution in [2.75, 3.05) is 33.3 Å². The van der Waals surface area contributed by atoms with Gasteiger partial charge in [0.25, 0.3) is 0 Å². The molecule has 6 nitrogen and oxygen atoms in total. The van der Waals surface area contributed by atoms with E-state index in [1.165, 1.54) is 12.0 Å². The minimum Gasteiger partial charge on any atom is -0.504 e. The summed E-state index contributed by atoms with van der Waals surface area (Å²) in [5, 5.41) is 10.5. The number of quaternary nitrogens is 1. The lowest BCUT2D eigenvalue weighted by Gasteiger charge is -2.31. The molecule has 1 aliphatic rings. The van der Waals surface area contributed by atoms with Crippen LogP contribution in [0.15, 0.2) is 53.9 Å². The average Bonchev–Trinajstić information content (AvgIpc) is 2.71. The van der Waals surface area contributed by atoms with Gasteiger partial charge >= 0.3 is 0 Å². The van der Waals surface area contributed by atoms with E-state index in [1.807, 2.05) is 37.3 Å². The minimum absolute atomic E-state index is 0.155. The van der Waals surface area contributed by atoms with Crippen LogP contribution in [0.2, 0.25) is 0 Å². The molecule has 0 aromatic heterocycles. The van der Waals surface area contributed by atoms with Crippen molar-refractivity contribution in [3.05, 3.63) is 65.7 Å². The molecule has 0 bridgehead atoms. The fourth-order valence-corrected chi connectivity index (χ4v) is 5.09. The molecule has 0 atom stereocenters. The molecule has 0 spiro atoms. The van der Waals surface area contributed by atoms with Crippen LogP contribution in [-0.2, 0) is 23.0 Å². The summed E-state index contributed by atoms with van der Waals surface area (Å²) in [6.07, 6.45) is 2.51. The summed E-state index contributed by atoms with van der Waals surface area (Å²) in [6.45, 7) is 8.59. The molecule has 1 saturated heterocycles. The molecule has 1 heterocycles. The van der Waals surface area contributed by atoms with Gasteiger partial charge in [-0.15, -0.1) is 6.58 Å². The second kappa shape index (κ2) is 8.98. The molecule has 2 aromatic carbocycles. The van der Waals surface area contributed by atoms with E-state index in [-0.39, 0.29) is 5.75 Å². The highest BCUT2D eigenvalue weighted by Gasteiger charge is 2.30. The number of phenolic OH excluding ortho intramolecular Hbond substituents is 1. The fourth-order valence-electron chi connectivity index (χ4n) is 3.65. The quantitative estimate of drug-likeness (QED) is 0.671. The van der Waals surface area contributed by atoms with Crippen LogP contribution in [-0.4, -0.2) is 51.1 Å². The van der Waals surface area contributed by atoms with Crippen LogP contribution >= 0.6 is 0 Å². The van der Waals surface area contributed by atoms with E-state index >= 15 is 0 Å². The predicted octanol–water partition coefficient (Wildman–Crippen LogP) is 1.53. The monoisotopic (exact) mass is 417 g/mol. The number of aryl methyl sites for hydroxylation is 1. The molecule has 0 radical (unpaired) electrons. The maximum Gasteiger partial charge on any atom is 0.243 e. The number of piperazine rings is 1. The van der Waals surface area contributed by atoms with Crippen LogP contribution in [0.25, 0.3) is 0 Å². The number of rotatable bonds is 7. The third-order valence-electron chi connectivity index (χ3n) is 5.34. The number of phenols is 1. The molecule has 0 saturated carbocycles. The molecule has 1 aliphatic heterocycles. The zero-order valence-electron chi connectivity index (χ0n) is 17.0. The Morgan fingerprint density at radius 1 is 1.21 bits per heavy atom. The minimum atomic E-state index is -3.47. The first kappa shape index (κ1) is 21.4. The average molecular weight is 418 g/mol. The Labute approximate surface area is 173 Å². The van der Waals surface area contributed by atoms with E-state index in [0.29, 0.717) is 49.8 Å². The first-order chi connectivity index (χ1) is 13.8. The van der Waals surface area contributed by atoms with Crippen molar-refractivity contribution >= 4 is 10.0 Å². The summed E-state index contributed by atoms with van der Waals surface area (Å²) in [4.78, 5) is 1.57. The van der Waals surface area contributed by atoms with Crippen LogP contribution < -0.4 is 9.64 Å². The molecular formula is C22H29N2O4S+. The maximum atomic E-state index is 12.9. The lowest BCUT2D eigenvalue weighted by molar-refractivity contribution is -0.917. The highest BCUT2D eigenvalue weighted by atomic mass is 32.2. The Bertz CT molecular complexity index is 963. The summed E-state index contributed by atoms with van der Waals surface area (Å²) < 4.78 is 32.6. The van der Waals surface area contributed by atoms with Crippen LogP contribution in [0.5, 0.6) is 11.5 Å². The van der Waals surface area contributed by atoms with Crippen LogP contribution in [0.1, 0.15) is 16.7 Å². The lowest BCUT2D eigenvalue weighted by Crippen LogP contribution is -3.13. The van der Waals surface area contributed by atoms with E-state index in [9.17, 15) is 13.5 Å². The predicted molar refractivity (Wildman–Crippen MR) is 113 cm³/mol. The van der Waals surface area contributed by atoms with E-state index in [1.54, 1.807) is 16.4 Å². The van der Waals surface area contributed by atoms with E-state index in [2.05, 4.69) is 6.58 Å². The van der Waals surface area contributed by atoms with E-state index in [4.69, 9.17) is 4.74 Å². The molecule has 7 heteroatoms. The number of ether oxygens (including phenoxy) is 1. The first-order valence-corrected chi connectivity index (χ1v) is 11.2. The summed E-state index contributed by atoms with van der Waals surface area (Å²) in [7, 11) is -1.93. The summed E-state index contributed by atoms with van der Waals surface area (Å²) in [5.41, 5.74) is 2.88. The molecule has 3 rings (SSSR count). The molecule has 156 valence electrons. The summed E-state index contributed by atoms with van der Waals surface area (Å²) in [5.74, 6) is 0.613. The van der Waals surface area contributed by atoms with Gasteiger partial charge in [0.1, 0.15) is 6.54 Å². The summed E-state index contributed by atoms with van der Waals surface area (Å²) >= 11 is 0. The number of hydrogen-bond donors (Lipinski definition) is 2. The van der Waals surface area contributed by atoms with Crippen molar-refractivity contribution < 1.29 is 23.2 Å². The number of hydrogen-bond acceptors (Lipinski definition) is 4. The molecule has 29 heavy (non-hydrogen) atoms. The zero-order chi connectivity index (χ0) is 21.0. The Balaban J connectivity index is 1.69. The van der Waals surface area contributed by atoms with Gasteiger partial charge in [-0.25, -0.2) is 8.42 Å². The van der Waals surface area contributed by atoms with E-state index < -0.39 is 10.0 Å². The number of nitrogens with zero attached hydrogens (tertiary/aromatic N) is 1. The van der Waals surface area contributed by atoms with Gasteiger partial charge in [0.2, 0.25) is 10.0 Å². The number of nitrogens with one attached hydrogen (secondary N) is 1. The number of methoxy groups -OCH3 is 1. The van der Waals surface area contributed by atoms with Gasteiger partial charge in [-0.3, -0.25) is 0 Å². The molecular weight excluding hydrogens is 388 g/mol. The van der Waals surface area contributed by atoms with Gasteiger partial charge < -0.3 is 14.7 Å². The van der Waals surface area contributed by atoms with Crippen molar-refractivity contribution in [2.45, 2.75) is 24.8 Å². The van der Waals surface area contributed by atoms with Crippen molar-refractivity contribution in [3.8, 4) is 11.5 Å². The van der Waals surface area contributed by atoms with Crippen LogP contribution in [0.4, 0.5) is 0 Å². The SMILES string of the molecule is C=CCc1cc(C[NH+]2CCN(S(=O)(=O)c3ccc(C)cc3)CC2)c(O)c(OC)c1. The van der Waals surface area contributed by atoms with Gasteiger partial charge in [-0.05, 0) is 43.2 Å². The lowest BCUT2D eigenvalue weighted by atomic mass is 10.1. The van der Waals surface area contributed by atoms with Gasteiger partial charge in [0.05, 0.1) is 43.7 Å². The van der Waals surface area contributed by atoms with Crippen molar-refractivity contribution in [3.63, 3.8) is 0 Å². The Kier molecular flexibility index (Phi) is 6.62. The standard InChI is InChI=1S/C22H28N2O4S/c1-4-5-18-14-19(22(25)21(15-18)28-3)16-23-10-12-24(13-11-23)29(26,27)20-8-6-17(2)7-9-20/h4,6-9,14-15,25H,1,5,10-13,16H2,2-3H3/p+1. The van der Waals surface area contributed by atoms with Crippen LogP contribution in [0.3, 0.4) is 0 Å². The van der Waals surface area contributed by atoms with Gasteiger partial charge in [0.15, 0.2) is 11.5 Å². The Hall–Kier alpha value is -2.35. The number of aromatic hydroxyl groups is 1.